The number of rotatable bonds is 5. The van der Waals surface area contributed by atoms with Gasteiger partial charge < -0.3 is 14.4 Å². The van der Waals surface area contributed by atoms with Gasteiger partial charge >= 0.3 is 0 Å². The lowest BCUT2D eigenvalue weighted by Gasteiger charge is -2.27. The van der Waals surface area contributed by atoms with Crippen molar-refractivity contribution in [3.8, 4) is 11.5 Å². The fourth-order valence-electron chi connectivity index (χ4n) is 4.43. The lowest BCUT2D eigenvalue weighted by atomic mass is 10.0. The summed E-state index contributed by atoms with van der Waals surface area (Å²) in [5, 5.41) is 0. The van der Waals surface area contributed by atoms with Crippen LogP contribution in [0.15, 0.2) is 42.5 Å². The number of carbonyl (C=O) groups excluding carboxylic acids is 3. The van der Waals surface area contributed by atoms with Crippen LogP contribution >= 0.6 is 0 Å². The molecule has 31 heavy (non-hydrogen) atoms. The molecule has 0 spiro atoms. The zero-order valence-electron chi connectivity index (χ0n) is 18.0. The van der Waals surface area contributed by atoms with E-state index in [0.717, 1.165) is 18.4 Å². The Bertz CT molecular complexity index is 1030. The monoisotopic (exact) mass is 422 g/mol. The number of anilines is 1. The zero-order valence-corrected chi connectivity index (χ0v) is 18.0. The van der Waals surface area contributed by atoms with E-state index in [1.807, 2.05) is 23.1 Å². The summed E-state index contributed by atoms with van der Waals surface area (Å²) >= 11 is 0. The van der Waals surface area contributed by atoms with Crippen LogP contribution in [0.1, 0.15) is 48.1 Å². The van der Waals surface area contributed by atoms with Crippen molar-refractivity contribution in [2.45, 2.75) is 32.2 Å². The van der Waals surface area contributed by atoms with E-state index in [2.05, 4.69) is 0 Å². The van der Waals surface area contributed by atoms with Gasteiger partial charge in [-0.25, -0.2) is 0 Å². The van der Waals surface area contributed by atoms with Gasteiger partial charge in [0.25, 0.3) is 5.91 Å². The van der Waals surface area contributed by atoms with Crippen molar-refractivity contribution in [3.63, 3.8) is 0 Å². The maximum Gasteiger partial charge on any atom is 0.254 e. The molecule has 2 aromatic rings. The highest BCUT2D eigenvalue weighted by molar-refractivity contribution is 6.21. The van der Waals surface area contributed by atoms with Crippen LogP contribution in [-0.4, -0.2) is 43.4 Å². The second kappa shape index (κ2) is 8.41. The summed E-state index contributed by atoms with van der Waals surface area (Å²) in [6.45, 7) is 2.36. The highest BCUT2D eigenvalue weighted by atomic mass is 16.5. The van der Waals surface area contributed by atoms with Crippen LogP contribution in [0.25, 0.3) is 0 Å². The van der Waals surface area contributed by atoms with Gasteiger partial charge in [-0.05, 0) is 49.2 Å². The number of nitrogens with zero attached hydrogens (tertiary/aromatic N) is 2. The second-order valence-electron chi connectivity index (χ2n) is 7.99. The first kappa shape index (κ1) is 20.9. The predicted molar refractivity (Wildman–Crippen MR) is 115 cm³/mol. The molecule has 7 heteroatoms. The van der Waals surface area contributed by atoms with Gasteiger partial charge in [0.1, 0.15) is 11.5 Å². The third-order valence-electron chi connectivity index (χ3n) is 6.03. The third kappa shape index (κ3) is 3.76. The van der Waals surface area contributed by atoms with Crippen molar-refractivity contribution < 1.29 is 23.9 Å². The summed E-state index contributed by atoms with van der Waals surface area (Å²) in [4.78, 5) is 41.1. The Kier molecular flexibility index (Phi) is 5.67. The molecule has 7 nitrogen and oxygen atoms in total. The van der Waals surface area contributed by atoms with E-state index in [1.165, 1.54) is 4.90 Å². The van der Waals surface area contributed by atoms with Crippen LogP contribution in [0.5, 0.6) is 11.5 Å². The van der Waals surface area contributed by atoms with Crippen LogP contribution in [0.4, 0.5) is 5.69 Å². The first-order chi connectivity index (χ1) is 14.9. The molecule has 2 fully saturated rings. The van der Waals surface area contributed by atoms with Gasteiger partial charge in [-0.1, -0.05) is 13.0 Å². The van der Waals surface area contributed by atoms with Crippen molar-refractivity contribution in [2.75, 3.05) is 25.7 Å². The van der Waals surface area contributed by atoms with E-state index < -0.39 is 0 Å². The Balaban J connectivity index is 1.64. The number of amides is 3. The van der Waals surface area contributed by atoms with Gasteiger partial charge in [-0.15, -0.1) is 0 Å². The molecule has 0 saturated carbocycles. The minimum Gasteiger partial charge on any atom is -0.497 e. The van der Waals surface area contributed by atoms with Crippen LogP contribution in [0.2, 0.25) is 0 Å². The number of ether oxygens (including phenoxy) is 2. The lowest BCUT2D eigenvalue weighted by Crippen LogP contribution is -2.32. The normalized spacial score (nSPS) is 21.0. The molecule has 2 atom stereocenters. The van der Waals surface area contributed by atoms with Crippen LogP contribution in [-0.2, 0) is 9.59 Å². The molecule has 0 N–H and O–H groups in total. The smallest absolute Gasteiger partial charge is 0.254 e. The third-order valence-corrected chi connectivity index (χ3v) is 6.03. The molecular weight excluding hydrogens is 396 g/mol. The average Bonchev–Trinajstić information content (AvgIpc) is 3.37. The van der Waals surface area contributed by atoms with Gasteiger partial charge in [-0.2, -0.15) is 0 Å². The van der Waals surface area contributed by atoms with Crippen molar-refractivity contribution in [1.82, 2.24) is 4.90 Å². The topological polar surface area (TPSA) is 76.2 Å². The number of methoxy groups -OCH3 is 2. The van der Waals surface area contributed by atoms with Gasteiger partial charge in [0, 0.05) is 30.0 Å². The minimum absolute atomic E-state index is 0.138. The van der Waals surface area contributed by atoms with Crippen molar-refractivity contribution >= 4 is 23.4 Å². The molecule has 0 radical (unpaired) electrons. The van der Waals surface area contributed by atoms with Crippen LogP contribution < -0.4 is 14.4 Å². The first-order valence-corrected chi connectivity index (χ1v) is 10.4. The lowest BCUT2D eigenvalue weighted by molar-refractivity contribution is -0.122. The molecule has 0 aliphatic carbocycles. The molecule has 0 unspecified atom stereocenters. The van der Waals surface area contributed by atoms with Gasteiger partial charge in [0.15, 0.2) is 0 Å². The number of hydrogen-bond acceptors (Lipinski definition) is 5. The largest absolute Gasteiger partial charge is 0.497 e. The summed E-state index contributed by atoms with van der Waals surface area (Å²) in [5.74, 6) is 0.479. The zero-order chi connectivity index (χ0) is 22.1. The molecule has 162 valence electrons. The van der Waals surface area contributed by atoms with E-state index in [4.69, 9.17) is 9.47 Å². The highest BCUT2D eigenvalue weighted by Crippen LogP contribution is 2.40. The van der Waals surface area contributed by atoms with Crippen LogP contribution in [0, 0.1) is 5.92 Å². The summed E-state index contributed by atoms with van der Waals surface area (Å²) in [5.41, 5.74) is 1.80. The molecule has 3 amide bonds. The van der Waals surface area contributed by atoms with E-state index in [1.54, 1.807) is 45.4 Å². The minimum atomic E-state index is -0.338. The molecule has 2 heterocycles. The molecule has 0 bridgehead atoms. The van der Waals surface area contributed by atoms with E-state index in [-0.39, 0.29) is 36.1 Å². The number of likely N-dealkylation sites (tertiary alicyclic amines) is 1. The average molecular weight is 422 g/mol. The SMILES string of the molecule is COc1ccc(OC)c([C@H]2CCCN2C(=O)c2cccc(N3C(=O)C[C@@H](C)C3=O)c2)c1. The van der Waals surface area contributed by atoms with Crippen LogP contribution in [0.3, 0.4) is 0 Å². The number of imide groups is 1. The molecule has 4 rings (SSSR count). The fraction of sp³-hybridized carbons (Fsp3) is 0.375. The quantitative estimate of drug-likeness (QED) is 0.689. The summed E-state index contributed by atoms with van der Waals surface area (Å²) < 4.78 is 10.9. The summed E-state index contributed by atoms with van der Waals surface area (Å²) in [7, 11) is 3.22. The predicted octanol–water partition coefficient (Wildman–Crippen LogP) is 3.58. The van der Waals surface area contributed by atoms with Crippen molar-refractivity contribution in [1.29, 1.82) is 0 Å². The Morgan fingerprint density at radius 1 is 1.06 bits per heavy atom. The fourth-order valence-corrected chi connectivity index (χ4v) is 4.43. The molecular formula is C24H26N2O5. The van der Waals surface area contributed by atoms with E-state index in [9.17, 15) is 14.4 Å². The standard InChI is InChI=1S/C24H26N2O5/c1-15-12-22(27)26(23(15)28)17-7-4-6-16(13-17)24(29)25-11-5-8-20(25)19-14-18(30-2)9-10-21(19)31-3/h4,6-7,9-10,13-15,20H,5,8,11-12H2,1-3H3/t15-,20-/m1/s1. The molecule has 2 aromatic carbocycles. The Morgan fingerprint density at radius 2 is 1.87 bits per heavy atom. The molecule has 0 aromatic heterocycles. The number of benzene rings is 2. The molecule has 2 saturated heterocycles. The number of hydrogen-bond donors (Lipinski definition) is 0. The number of carbonyl (C=O) groups is 3. The van der Waals surface area contributed by atoms with Gasteiger partial charge in [0.05, 0.1) is 25.9 Å². The van der Waals surface area contributed by atoms with E-state index >= 15 is 0 Å². The van der Waals surface area contributed by atoms with Gasteiger partial charge in [0.2, 0.25) is 11.8 Å². The summed E-state index contributed by atoms with van der Waals surface area (Å²) in [6.07, 6.45) is 1.88. The second-order valence-corrected chi connectivity index (χ2v) is 7.99. The molecule has 2 aliphatic rings. The highest BCUT2D eigenvalue weighted by Gasteiger charge is 2.37. The van der Waals surface area contributed by atoms with Crippen molar-refractivity contribution in [2.24, 2.45) is 5.92 Å². The summed E-state index contributed by atoms with van der Waals surface area (Å²) in [6, 6.07) is 12.2. The molecule has 2 aliphatic heterocycles. The van der Waals surface area contributed by atoms with Crippen molar-refractivity contribution in [3.05, 3.63) is 53.6 Å². The van der Waals surface area contributed by atoms with E-state index in [0.29, 0.717) is 29.3 Å². The maximum absolute atomic E-state index is 13.4. The maximum atomic E-state index is 13.4. The Labute approximate surface area is 181 Å². The van der Waals surface area contributed by atoms with Gasteiger partial charge in [-0.3, -0.25) is 19.3 Å². The Morgan fingerprint density at radius 3 is 2.55 bits per heavy atom. The Hall–Kier alpha value is -3.35. The first-order valence-electron chi connectivity index (χ1n) is 10.4.